The molecule has 0 saturated heterocycles. The molecule has 2 aromatic rings. The fourth-order valence-electron chi connectivity index (χ4n) is 2.77. The molecule has 0 unspecified atom stereocenters. The molecule has 154 valence electrons. The van der Waals surface area contributed by atoms with Crippen molar-refractivity contribution in [2.75, 3.05) is 0 Å². The number of hydrogen-bond donors (Lipinski definition) is 3. The number of halogens is 3. The van der Waals surface area contributed by atoms with E-state index in [4.69, 9.17) is 17.3 Å². The molecular weight excluding hydrogens is 465 g/mol. The van der Waals surface area contributed by atoms with Crippen molar-refractivity contribution in [2.45, 2.75) is 31.8 Å². The lowest BCUT2D eigenvalue weighted by molar-refractivity contribution is -0.130. The van der Waals surface area contributed by atoms with Gasteiger partial charge in [-0.15, -0.1) is 0 Å². The maximum absolute atomic E-state index is 13.4. The van der Waals surface area contributed by atoms with Crippen LogP contribution in [0.1, 0.15) is 18.1 Å². The van der Waals surface area contributed by atoms with Gasteiger partial charge in [0.1, 0.15) is 17.9 Å². The Kier molecular flexibility index (Phi) is 8.16. The lowest BCUT2D eigenvalue weighted by Gasteiger charge is -2.22. The van der Waals surface area contributed by atoms with Crippen LogP contribution >= 0.6 is 27.5 Å². The summed E-state index contributed by atoms with van der Waals surface area (Å²) in [4.78, 5) is 36.2. The minimum atomic E-state index is -1.03. The van der Waals surface area contributed by atoms with Gasteiger partial charge in [0.15, 0.2) is 0 Å². The Morgan fingerprint density at radius 2 is 1.83 bits per heavy atom. The highest BCUT2D eigenvalue weighted by atomic mass is 79.9. The molecule has 2 aromatic carbocycles. The number of carbonyl (C=O) groups excluding carboxylic acids is 3. The maximum Gasteiger partial charge on any atom is 0.243 e. The van der Waals surface area contributed by atoms with E-state index in [1.165, 1.54) is 25.1 Å². The fraction of sp³-hybridized carbons (Fsp3) is 0.250. The van der Waals surface area contributed by atoms with E-state index in [-0.39, 0.29) is 12.8 Å². The lowest BCUT2D eigenvalue weighted by Crippen LogP contribution is -2.54. The van der Waals surface area contributed by atoms with Crippen LogP contribution in [-0.4, -0.2) is 29.8 Å². The highest BCUT2D eigenvalue weighted by Gasteiger charge is 2.26. The summed E-state index contributed by atoms with van der Waals surface area (Å²) in [6.07, 6.45) is 0.157. The van der Waals surface area contributed by atoms with E-state index in [2.05, 4.69) is 26.6 Å². The largest absolute Gasteiger partial charge is 0.368 e. The Labute approximate surface area is 181 Å². The monoisotopic (exact) mass is 483 g/mol. The molecule has 2 rings (SSSR count). The first-order chi connectivity index (χ1) is 13.7. The first kappa shape index (κ1) is 22.8. The van der Waals surface area contributed by atoms with Crippen LogP contribution in [0.4, 0.5) is 4.39 Å². The van der Waals surface area contributed by atoms with Gasteiger partial charge < -0.3 is 16.4 Å². The Bertz CT molecular complexity index is 926. The first-order valence-corrected chi connectivity index (χ1v) is 9.88. The molecule has 3 amide bonds. The molecular formula is C20H20BrClFN3O3. The Morgan fingerprint density at radius 3 is 2.45 bits per heavy atom. The summed E-state index contributed by atoms with van der Waals surface area (Å²) in [6.45, 7) is 1.26. The van der Waals surface area contributed by atoms with E-state index >= 15 is 0 Å². The molecule has 0 radical (unpaired) electrons. The number of nitrogens with two attached hydrogens (primary N) is 1. The van der Waals surface area contributed by atoms with Gasteiger partial charge in [0.05, 0.1) is 0 Å². The van der Waals surface area contributed by atoms with Crippen molar-refractivity contribution in [3.8, 4) is 0 Å². The maximum atomic E-state index is 13.4. The van der Waals surface area contributed by atoms with Gasteiger partial charge in [-0.3, -0.25) is 14.4 Å². The number of benzene rings is 2. The minimum Gasteiger partial charge on any atom is -0.368 e. The van der Waals surface area contributed by atoms with Crippen molar-refractivity contribution in [2.24, 2.45) is 5.73 Å². The second-order valence-electron chi connectivity index (χ2n) is 6.49. The number of carbonyl (C=O) groups is 3. The predicted molar refractivity (Wildman–Crippen MR) is 112 cm³/mol. The second-order valence-corrected chi connectivity index (χ2v) is 7.78. The number of rotatable bonds is 8. The van der Waals surface area contributed by atoms with Gasteiger partial charge in [-0.2, -0.15) is 0 Å². The number of hydrogen-bond acceptors (Lipinski definition) is 3. The first-order valence-electron chi connectivity index (χ1n) is 8.71. The van der Waals surface area contributed by atoms with Gasteiger partial charge in [0.25, 0.3) is 0 Å². The third kappa shape index (κ3) is 7.14. The normalized spacial score (nSPS) is 12.7. The number of amides is 3. The average molecular weight is 485 g/mol. The standard InChI is InChI=1S/C20H20BrClFN3O3/c1-11(27)25-18(8-12-3-2-4-15(23)7-12)20(29)26-17(19(24)28)10-13-9-14(22)5-6-16(13)21/h2-7,9,17-18H,8,10H2,1H3,(H2,24,28)(H,25,27)(H,26,29)/t17-,18-/m0/s1. The van der Waals surface area contributed by atoms with Gasteiger partial charge in [0.2, 0.25) is 17.7 Å². The third-order valence-electron chi connectivity index (χ3n) is 4.11. The average Bonchev–Trinajstić information content (AvgIpc) is 2.63. The van der Waals surface area contributed by atoms with Crippen LogP contribution < -0.4 is 16.4 Å². The van der Waals surface area contributed by atoms with Crippen LogP contribution in [0, 0.1) is 5.82 Å². The summed E-state index contributed by atoms with van der Waals surface area (Å²) in [5.74, 6) is -2.23. The summed E-state index contributed by atoms with van der Waals surface area (Å²) < 4.78 is 14.2. The van der Waals surface area contributed by atoms with E-state index in [0.29, 0.717) is 20.6 Å². The summed E-state index contributed by atoms with van der Waals surface area (Å²) >= 11 is 9.36. The van der Waals surface area contributed by atoms with Crippen molar-refractivity contribution >= 4 is 45.3 Å². The van der Waals surface area contributed by atoms with Crippen molar-refractivity contribution in [3.05, 3.63) is 68.9 Å². The molecule has 0 saturated carbocycles. The molecule has 0 fully saturated rings. The molecule has 0 aromatic heterocycles. The second kappa shape index (κ2) is 10.4. The van der Waals surface area contributed by atoms with Crippen LogP contribution in [0.15, 0.2) is 46.9 Å². The van der Waals surface area contributed by atoms with E-state index in [1.54, 1.807) is 24.3 Å². The molecule has 2 atom stereocenters. The summed E-state index contributed by atoms with van der Waals surface area (Å²) in [7, 11) is 0. The van der Waals surface area contributed by atoms with Crippen LogP contribution in [0.25, 0.3) is 0 Å². The summed E-state index contributed by atoms with van der Waals surface area (Å²) in [5.41, 5.74) is 6.66. The Morgan fingerprint density at radius 1 is 1.10 bits per heavy atom. The van der Waals surface area contributed by atoms with Crippen molar-refractivity contribution in [1.82, 2.24) is 10.6 Å². The Hall–Kier alpha value is -2.45. The SMILES string of the molecule is CC(=O)N[C@@H](Cc1cccc(F)c1)C(=O)N[C@@H](Cc1cc(Cl)ccc1Br)C(N)=O. The van der Waals surface area contributed by atoms with Crippen molar-refractivity contribution in [3.63, 3.8) is 0 Å². The summed E-state index contributed by atoms with van der Waals surface area (Å²) in [5, 5.41) is 5.56. The third-order valence-corrected chi connectivity index (χ3v) is 5.12. The van der Waals surface area contributed by atoms with Gasteiger partial charge in [-0.1, -0.05) is 39.7 Å². The van der Waals surface area contributed by atoms with Gasteiger partial charge in [0, 0.05) is 29.3 Å². The van der Waals surface area contributed by atoms with Crippen molar-refractivity contribution < 1.29 is 18.8 Å². The summed E-state index contributed by atoms with van der Waals surface area (Å²) in [6, 6.07) is 8.74. The van der Waals surface area contributed by atoms with E-state index in [1.807, 2.05) is 0 Å². The van der Waals surface area contributed by atoms with E-state index in [9.17, 15) is 18.8 Å². The smallest absolute Gasteiger partial charge is 0.243 e. The van der Waals surface area contributed by atoms with Gasteiger partial charge in [-0.25, -0.2) is 4.39 Å². The molecule has 0 aliphatic rings. The lowest BCUT2D eigenvalue weighted by atomic mass is 10.0. The number of nitrogens with one attached hydrogen (secondary N) is 2. The molecule has 0 bridgehead atoms. The zero-order valence-electron chi connectivity index (χ0n) is 15.5. The molecule has 0 heterocycles. The highest BCUT2D eigenvalue weighted by Crippen LogP contribution is 2.22. The van der Waals surface area contributed by atoms with E-state index in [0.717, 1.165) is 0 Å². The molecule has 4 N–H and O–H groups in total. The molecule has 6 nitrogen and oxygen atoms in total. The molecule has 29 heavy (non-hydrogen) atoms. The van der Waals surface area contributed by atoms with Crippen LogP contribution in [-0.2, 0) is 27.2 Å². The van der Waals surface area contributed by atoms with Crippen molar-refractivity contribution in [1.29, 1.82) is 0 Å². The topological polar surface area (TPSA) is 101 Å². The highest BCUT2D eigenvalue weighted by molar-refractivity contribution is 9.10. The zero-order valence-corrected chi connectivity index (χ0v) is 17.9. The fourth-order valence-corrected chi connectivity index (χ4v) is 3.37. The van der Waals surface area contributed by atoms with E-state index < -0.39 is 35.6 Å². The Balaban J connectivity index is 2.18. The zero-order chi connectivity index (χ0) is 21.6. The molecule has 0 aliphatic carbocycles. The van der Waals surface area contributed by atoms with Crippen LogP contribution in [0.3, 0.4) is 0 Å². The molecule has 9 heteroatoms. The molecule has 0 spiro atoms. The van der Waals surface area contributed by atoms with Crippen LogP contribution in [0.5, 0.6) is 0 Å². The van der Waals surface area contributed by atoms with Gasteiger partial charge in [-0.05, 0) is 41.5 Å². The number of primary amides is 1. The minimum absolute atomic E-state index is 0.0511. The molecule has 0 aliphatic heterocycles. The quantitative estimate of drug-likeness (QED) is 0.536. The van der Waals surface area contributed by atoms with Gasteiger partial charge >= 0.3 is 0 Å². The van der Waals surface area contributed by atoms with Crippen LogP contribution in [0.2, 0.25) is 5.02 Å². The predicted octanol–water partition coefficient (Wildman–Crippen LogP) is 2.50.